The van der Waals surface area contributed by atoms with Gasteiger partial charge in [0.15, 0.2) is 0 Å². The molecule has 1 fully saturated rings. The summed E-state index contributed by atoms with van der Waals surface area (Å²) in [4.78, 5) is 0. The van der Waals surface area contributed by atoms with Gasteiger partial charge in [-0.3, -0.25) is 0 Å². The lowest BCUT2D eigenvalue weighted by molar-refractivity contribution is 0.975. The van der Waals surface area contributed by atoms with Crippen molar-refractivity contribution >= 4 is 8.80 Å². The third-order valence-electron chi connectivity index (χ3n) is 3.03. The van der Waals surface area contributed by atoms with Crippen molar-refractivity contribution in [2.75, 3.05) is 0 Å². The normalized spacial score (nSPS) is 19.6. The molecule has 1 radical (unpaired) electrons. The summed E-state index contributed by atoms with van der Waals surface area (Å²) in [7, 11) is -0.152. The summed E-state index contributed by atoms with van der Waals surface area (Å²) in [5.74, 6) is 0. The minimum absolute atomic E-state index is 0.152. The van der Waals surface area contributed by atoms with E-state index in [1.54, 1.807) is 5.56 Å². The van der Waals surface area contributed by atoms with Crippen LogP contribution in [0.15, 0.2) is 30.3 Å². The molecule has 12 heavy (non-hydrogen) atoms. The predicted molar refractivity (Wildman–Crippen MR) is 54.8 cm³/mol. The standard InChI is InChI=1S/C11H15Si/c1-12(2)11(8-9-11)10-6-4-3-5-7-10/h3-7H,8-9H2,1-2H3. The topological polar surface area (TPSA) is 0 Å². The van der Waals surface area contributed by atoms with Crippen molar-refractivity contribution in [2.45, 2.75) is 31.0 Å². The molecule has 0 aliphatic heterocycles. The zero-order chi connectivity index (χ0) is 8.60. The molecule has 0 atom stereocenters. The minimum Gasteiger partial charge on any atom is -0.0705 e. The Labute approximate surface area is 76.2 Å². The van der Waals surface area contributed by atoms with E-state index >= 15 is 0 Å². The van der Waals surface area contributed by atoms with Gasteiger partial charge in [0.2, 0.25) is 0 Å². The minimum atomic E-state index is -0.152. The first-order valence-corrected chi connectivity index (χ1v) is 7.12. The molecule has 1 aromatic carbocycles. The van der Waals surface area contributed by atoms with Crippen molar-refractivity contribution in [3.05, 3.63) is 35.9 Å². The fourth-order valence-corrected chi connectivity index (χ4v) is 3.83. The van der Waals surface area contributed by atoms with Gasteiger partial charge in [-0.15, -0.1) is 0 Å². The van der Waals surface area contributed by atoms with Crippen molar-refractivity contribution in [3.63, 3.8) is 0 Å². The number of hydrogen-bond donors (Lipinski definition) is 0. The van der Waals surface area contributed by atoms with Crippen LogP contribution in [0.5, 0.6) is 0 Å². The zero-order valence-corrected chi connectivity index (χ0v) is 8.80. The van der Waals surface area contributed by atoms with Crippen LogP contribution in [0.2, 0.25) is 13.1 Å². The van der Waals surface area contributed by atoms with E-state index in [1.165, 1.54) is 12.8 Å². The fourth-order valence-electron chi connectivity index (χ4n) is 1.96. The second-order valence-corrected chi connectivity index (χ2v) is 6.91. The monoisotopic (exact) mass is 175 g/mol. The van der Waals surface area contributed by atoms with Crippen LogP contribution in [0.4, 0.5) is 0 Å². The van der Waals surface area contributed by atoms with E-state index in [0.29, 0.717) is 5.04 Å². The Morgan fingerprint density at radius 3 is 2.08 bits per heavy atom. The van der Waals surface area contributed by atoms with Crippen molar-refractivity contribution in [3.8, 4) is 0 Å². The van der Waals surface area contributed by atoms with Crippen LogP contribution in [0.1, 0.15) is 18.4 Å². The molecule has 0 saturated heterocycles. The summed E-state index contributed by atoms with van der Waals surface area (Å²) in [5, 5.41) is 0.645. The van der Waals surface area contributed by atoms with Crippen LogP contribution < -0.4 is 0 Å². The average molecular weight is 175 g/mol. The van der Waals surface area contributed by atoms with E-state index in [0.717, 1.165) is 0 Å². The van der Waals surface area contributed by atoms with Gasteiger partial charge in [0, 0.05) is 0 Å². The maximum Gasteiger partial charge on any atom is 0.0539 e. The molecule has 0 spiro atoms. The Hall–Kier alpha value is -0.563. The Morgan fingerprint density at radius 1 is 1.08 bits per heavy atom. The third kappa shape index (κ3) is 1.12. The zero-order valence-electron chi connectivity index (χ0n) is 7.80. The SMILES string of the molecule is C[Si](C)C1(c2ccccc2)CC1. The molecule has 63 valence electrons. The highest BCUT2D eigenvalue weighted by Crippen LogP contribution is 2.49. The molecule has 0 nitrogen and oxygen atoms in total. The van der Waals surface area contributed by atoms with E-state index < -0.39 is 0 Å². The highest BCUT2D eigenvalue weighted by atomic mass is 28.3. The Balaban J connectivity index is 2.31. The molecule has 1 heteroatoms. The number of benzene rings is 1. The predicted octanol–water partition coefficient (Wildman–Crippen LogP) is 3.01. The molecule has 0 bridgehead atoms. The Morgan fingerprint density at radius 2 is 1.67 bits per heavy atom. The van der Waals surface area contributed by atoms with Gasteiger partial charge < -0.3 is 0 Å². The van der Waals surface area contributed by atoms with Crippen molar-refractivity contribution in [1.82, 2.24) is 0 Å². The molecular weight excluding hydrogens is 160 g/mol. The van der Waals surface area contributed by atoms with Crippen LogP contribution in [0, 0.1) is 0 Å². The van der Waals surface area contributed by atoms with E-state index in [1.807, 2.05) is 0 Å². The molecule has 0 heterocycles. The van der Waals surface area contributed by atoms with E-state index in [2.05, 4.69) is 43.4 Å². The van der Waals surface area contributed by atoms with Crippen molar-refractivity contribution < 1.29 is 0 Å². The van der Waals surface area contributed by atoms with Gasteiger partial charge in [-0.1, -0.05) is 43.4 Å². The first-order chi connectivity index (χ1) is 5.76. The first kappa shape index (κ1) is 8.05. The fraction of sp³-hybridized carbons (Fsp3) is 0.455. The molecule has 1 saturated carbocycles. The number of rotatable bonds is 2. The molecule has 0 amide bonds. The van der Waals surface area contributed by atoms with Crippen LogP contribution in [0.3, 0.4) is 0 Å². The molecular formula is C11H15Si. The second kappa shape index (κ2) is 2.73. The molecule has 2 rings (SSSR count). The lowest BCUT2D eigenvalue weighted by Crippen LogP contribution is -2.23. The Kier molecular flexibility index (Phi) is 1.84. The molecule has 0 N–H and O–H groups in total. The lowest BCUT2D eigenvalue weighted by Gasteiger charge is -2.18. The summed E-state index contributed by atoms with van der Waals surface area (Å²) < 4.78 is 0. The molecule has 1 aromatic rings. The van der Waals surface area contributed by atoms with Gasteiger partial charge in [0.05, 0.1) is 8.80 Å². The quantitative estimate of drug-likeness (QED) is 0.606. The van der Waals surface area contributed by atoms with Gasteiger partial charge in [-0.25, -0.2) is 0 Å². The van der Waals surface area contributed by atoms with E-state index in [9.17, 15) is 0 Å². The smallest absolute Gasteiger partial charge is 0.0539 e. The molecule has 1 aliphatic carbocycles. The summed E-state index contributed by atoms with van der Waals surface area (Å²) in [6.07, 6.45) is 2.86. The van der Waals surface area contributed by atoms with E-state index in [4.69, 9.17) is 0 Å². The molecule has 1 aliphatic rings. The summed E-state index contributed by atoms with van der Waals surface area (Å²) in [6.45, 7) is 4.87. The molecule has 0 unspecified atom stereocenters. The summed E-state index contributed by atoms with van der Waals surface area (Å²) in [5.41, 5.74) is 1.59. The summed E-state index contributed by atoms with van der Waals surface area (Å²) >= 11 is 0. The van der Waals surface area contributed by atoms with E-state index in [-0.39, 0.29) is 8.80 Å². The van der Waals surface area contributed by atoms with Crippen LogP contribution in [-0.4, -0.2) is 8.80 Å². The first-order valence-electron chi connectivity index (χ1n) is 4.62. The van der Waals surface area contributed by atoms with Crippen molar-refractivity contribution in [1.29, 1.82) is 0 Å². The maximum atomic E-state index is 2.44. The van der Waals surface area contributed by atoms with Crippen LogP contribution >= 0.6 is 0 Å². The average Bonchev–Trinajstić information content (AvgIpc) is 2.86. The Bertz CT molecular complexity index is 260. The molecule has 0 aromatic heterocycles. The second-order valence-electron chi connectivity index (χ2n) is 3.95. The van der Waals surface area contributed by atoms with Gasteiger partial charge in [0.1, 0.15) is 0 Å². The summed E-state index contributed by atoms with van der Waals surface area (Å²) in [6, 6.07) is 11.0. The van der Waals surface area contributed by atoms with Crippen LogP contribution in [-0.2, 0) is 5.04 Å². The van der Waals surface area contributed by atoms with Gasteiger partial charge in [-0.2, -0.15) is 0 Å². The van der Waals surface area contributed by atoms with Gasteiger partial charge in [-0.05, 0) is 23.4 Å². The highest BCUT2D eigenvalue weighted by Gasteiger charge is 2.47. The van der Waals surface area contributed by atoms with Crippen LogP contribution in [0.25, 0.3) is 0 Å². The van der Waals surface area contributed by atoms with Crippen molar-refractivity contribution in [2.24, 2.45) is 0 Å². The van der Waals surface area contributed by atoms with Gasteiger partial charge in [0.25, 0.3) is 0 Å². The largest absolute Gasteiger partial charge is 0.0705 e. The number of hydrogen-bond acceptors (Lipinski definition) is 0. The maximum absolute atomic E-state index is 2.44. The van der Waals surface area contributed by atoms with Gasteiger partial charge >= 0.3 is 0 Å². The third-order valence-corrected chi connectivity index (χ3v) is 5.74. The highest BCUT2D eigenvalue weighted by molar-refractivity contribution is 6.60. The lowest BCUT2D eigenvalue weighted by atomic mass is 10.1.